The average Bonchev–Trinajstić information content (AvgIpc) is 3.39. The molecular weight excluding hydrogens is 436 g/mol. The average molecular weight is 458 g/mol. The van der Waals surface area contributed by atoms with Crippen molar-refractivity contribution in [1.29, 1.82) is 0 Å². The Hall–Kier alpha value is -4.34. The van der Waals surface area contributed by atoms with Gasteiger partial charge in [-0.25, -0.2) is 4.68 Å². The second-order valence-corrected chi connectivity index (χ2v) is 8.62. The lowest BCUT2D eigenvalue weighted by Gasteiger charge is -2.11. The number of ether oxygens (including phenoxy) is 2. The van der Waals surface area contributed by atoms with Gasteiger partial charge in [0.1, 0.15) is 5.75 Å². The zero-order valence-corrected chi connectivity index (χ0v) is 18.8. The van der Waals surface area contributed by atoms with Crippen molar-refractivity contribution in [2.45, 2.75) is 17.8 Å². The predicted molar refractivity (Wildman–Crippen MR) is 126 cm³/mol. The Balaban J connectivity index is 1.33. The van der Waals surface area contributed by atoms with E-state index in [1.807, 2.05) is 36.4 Å². The van der Waals surface area contributed by atoms with Crippen LogP contribution in [0.2, 0.25) is 0 Å². The van der Waals surface area contributed by atoms with E-state index in [0.717, 1.165) is 39.9 Å². The Labute approximate surface area is 193 Å². The van der Waals surface area contributed by atoms with E-state index in [9.17, 15) is 9.59 Å². The maximum Gasteiger partial charge on any atom is 0.270 e. The number of fused-ring (bicyclic) bond motifs is 3. The van der Waals surface area contributed by atoms with Gasteiger partial charge in [-0.05, 0) is 47.9 Å². The molecule has 1 aliphatic heterocycles. The molecule has 1 spiro atoms. The van der Waals surface area contributed by atoms with Gasteiger partial charge in [0.15, 0.2) is 17.4 Å². The summed E-state index contributed by atoms with van der Waals surface area (Å²) < 4.78 is 11.9. The topological polar surface area (TPSA) is 123 Å². The Morgan fingerprint density at radius 1 is 1.09 bits per heavy atom. The third-order valence-electron chi connectivity index (χ3n) is 6.82. The smallest absolute Gasteiger partial charge is 0.270 e. The van der Waals surface area contributed by atoms with Gasteiger partial charge in [0.25, 0.3) is 5.56 Å². The number of rotatable bonds is 5. The van der Waals surface area contributed by atoms with Gasteiger partial charge >= 0.3 is 0 Å². The van der Waals surface area contributed by atoms with Crippen LogP contribution in [0.4, 0.5) is 17.3 Å². The van der Waals surface area contributed by atoms with Crippen molar-refractivity contribution >= 4 is 34.1 Å². The molecule has 6 rings (SSSR count). The van der Waals surface area contributed by atoms with Crippen molar-refractivity contribution in [3.05, 3.63) is 63.9 Å². The molecule has 1 saturated carbocycles. The predicted octanol–water partition coefficient (Wildman–Crippen LogP) is 2.79. The second-order valence-electron chi connectivity index (χ2n) is 8.62. The highest BCUT2D eigenvalue weighted by Crippen LogP contribution is 2.65. The van der Waals surface area contributed by atoms with Crippen molar-refractivity contribution in [1.82, 2.24) is 20.0 Å². The van der Waals surface area contributed by atoms with Gasteiger partial charge in [0.2, 0.25) is 5.91 Å². The molecule has 0 unspecified atom stereocenters. The van der Waals surface area contributed by atoms with Gasteiger partial charge in [0.05, 0.1) is 31.2 Å². The number of aryl methyl sites for hydroxylation is 1. The monoisotopic (exact) mass is 458 g/mol. The van der Waals surface area contributed by atoms with Crippen molar-refractivity contribution in [2.75, 3.05) is 24.9 Å². The number of methoxy groups -OCH3 is 2. The van der Waals surface area contributed by atoms with Crippen LogP contribution in [0.3, 0.4) is 0 Å². The number of nitrogens with one attached hydrogen (secondary N) is 3. The number of aromatic nitrogens is 4. The van der Waals surface area contributed by atoms with E-state index in [2.05, 4.69) is 25.9 Å². The fourth-order valence-corrected chi connectivity index (χ4v) is 4.92. The minimum atomic E-state index is -0.565. The first-order valence-electron chi connectivity index (χ1n) is 10.8. The second kappa shape index (κ2) is 7.08. The van der Waals surface area contributed by atoms with Crippen molar-refractivity contribution in [3.63, 3.8) is 0 Å². The maximum absolute atomic E-state index is 13.0. The van der Waals surface area contributed by atoms with Crippen LogP contribution in [0, 0.1) is 0 Å². The van der Waals surface area contributed by atoms with Gasteiger partial charge < -0.3 is 20.1 Å². The third kappa shape index (κ3) is 2.81. The molecule has 1 fully saturated rings. The lowest BCUT2D eigenvalue weighted by Crippen LogP contribution is -2.21. The minimum Gasteiger partial charge on any atom is -0.497 e. The quantitative estimate of drug-likeness (QED) is 0.420. The summed E-state index contributed by atoms with van der Waals surface area (Å²) in [7, 11) is 4.68. The maximum atomic E-state index is 13.0. The van der Waals surface area contributed by atoms with Crippen molar-refractivity contribution < 1.29 is 14.3 Å². The molecule has 172 valence electrons. The molecule has 0 saturated heterocycles. The van der Waals surface area contributed by atoms with Gasteiger partial charge in [-0.2, -0.15) is 5.10 Å². The van der Waals surface area contributed by atoms with E-state index < -0.39 is 5.41 Å². The number of H-pyrrole nitrogens is 1. The molecule has 1 aliphatic carbocycles. The van der Waals surface area contributed by atoms with Crippen LogP contribution < -0.4 is 25.7 Å². The third-order valence-corrected chi connectivity index (χ3v) is 6.82. The largest absolute Gasteiger partial charge is 0.497 e. The van der Waals surface area contributed by atoms with Gasteiger partial charge in [-0.15, -0.1) is 5.10 Å². The standard InChI is InChI=1S/C24H22N6O4/c1-30-20(31)10-19(34-3)22(29-30)26-21-14-6-4-12(8-18(14)27-28-21)16-11-24(16)15-9-13(33-2)5-7-17(15)25-23(24)32/h4-10,16H,11H2,1-3H3,(H,25,32)(H2,26,27,28,29)/t16-,24-/m0/s1. The molecule has 2 aromatic carbocycles. The highest BCUT2D eigenvalue weighted by atomic mass is 16.5. The van der Waals surface area contributed by atoms with E-state index in [1.54, 1.807) is 14.2 Å². The molecular formula is C24H22N6O4. The van der Waals surface area contributed by atoms with Gasteiger partial charge in [-0.1, -0.05) is 6.07 Å². The highest BCUT2D eigenvalue weighted by Gasteiger charge is 2.65. The molecule has 34 heavy (non-hydrogen) atoms. The summed E-state index contributed by atoms with van der Waals surface area (Å²) in [6.07, 6.45) is 0.739. The van der Waals surface area contributed by atoms with Crippen molar-refractivity contribution in [2.24, 2.45) is 7.05 Å². The molecule has 10 heteroatoms. The summed E-state index contributed by atoms with van der Waals surface area (Å²) in [5, 5.41) is 18.7. The molecule has 1 amide bonds. The van der Waals surface area contributed by atoms with Crippen LogP contribution >= 0.6 is 0 Å². The summed E-state index contributed by atoms with van der Waals surface area (Å²) in [5.74, 6) is 2.11. The number of nitrogens with zero attached hydrogens (tertiary/aromatic N) is 3. The summed E-state index contributed by atoms with van der Waals surface area (Å²) in [6.45, 7) is 0. The zero-order chi connectivity index (χ0) is 23.6. The number of carbonyl (C=O) groups is 1. The molecule has 4 aromatic rings. The number of hydrogen-bond acceptors (Lipinski definition) is 7. The van der Waals surface area contributed by atoms with Gasteiger partial charge in [0, 0.05) is 24.0 Å². The Kier molecular flexibility index (Phi) is 4.22. The van der Waals surface area contributed by atoms with Crippen molar-refractivity contribution in [3.8, 4) is 11.5 Å². The number of carbonyl (C=O) groups excluding carboxylic acids is 1. The van der Waals surface area contributed by atoms with E-state index in [1.165, 1.54) is 17.9 Å². The zero-order valence-electron chi connectivity index (χ0n) is 18.8. The molecule has 3 N–H and O–H groups in total. The van der Waals surface area contributed by atoms with Crippen LogP contribution in [0.1, 0.15) is 23.5 Å². The first-order chi connectivity index (χ1) is 16.4. The van der Waals surface area contributed by atoms with Gasteiger partial charge in [-0.3, -0.25) is 14.7 Å². The van der Waals surface area contributed by atoms with Crippen LogP contribution in [0.25, 0.3) is 10.9 Å². The first-order valence-corrected chi connectivity index (χ1v) is 10.8. The summed E-state index contributed by atoms with van der Waals surface area (Å²) in [6, 6.07) is 13.1. The summed E-state index contributed by atoms with van der Waals surface area (Å²) in [4.78, 5) is 24.8. The Morgan fingerprint density at radius 2 is 1.94 bits per heavy atom. The number of aromatic amines is 1. The first kappa shape index (κ1) is 20.3. The highest BCUT2D eigenvalue weighted by molar-refractivity contribution is 6.10. The number of hydrogen-bond donors (Lipinski definition) is 3. The fourth-order valence-electron chi connectivity index (χ4n) is 4.92. The fraction of sp³-hybridized carbons (Fsp3) is 0.250. The van der Waals surface area contributed by atoms with Crippen LogP contribution in [0.5, 0.6) is 11.5 Å². The molecule has 3 heterocycles. The van der Waals surface area contributed by atoms with E-state index >= 15 is 0 Å². The Morgan fingerprint density at radius 3 is 2.74 bits per heavy atom. The van der Waals surface area contributed by atoms with Crippen LogP contribution in [-0.2, 0) is 17.3 Å². The molecule has 0 radical (unpaired) electrons. The van der Waals surface area contributed by atoms with E-state index in [-0.39, 0.29) is 17.4 Å². The van der Waals surface area contributed by atoms with Crippen LogP contribution in [-0.4, -0.2) is 40.1 Å². The normalized spacial score (nSPS) is 20.3. The van der Waals surface area contributed by atoms with E-state index in [0.29, 0.717) is 17.4 Å². The molecule has 2 atom stereocenters. The van der Waals surface area contributed by atoms with Crippen LogP contribution in [0.15, 0.2) is 47.3 Å². The number of anilines is 3. The SMILES string of the molecule is COc1ccc2c(c1)[C@]1(C[C@H]1c1ccc3c(Nc4nn(C)c(=O)cc4OC)n[nH]c3c1)C(=O)N2. The number of benzene rings is 2. The number of amides is 1. The van der Waals surface area contributed by atoms with E-state index in [4.69, 9.17) is 9.47 Å². The summed E-state index contributed by atoms with van der Waals surface area (Å²) in [5.41, 5.74) is 2.89. The Bertz CT molecular complexity index is 1540. The molecule has 2 aliphatic rings. The molecule has 0 bridgehead atoms. The molecule has 2 aromatic heterocycles. The lowest BCUT2D eigenvalue weighted by molar-refractivity contribution is -0.118. The minimum absolute atomic E-state index is 0.0284. The summed E-state index contributed by atoms with van der Waals surface area (Å²) >= 11 is 0. The molecule has 10 nitrogen and oxygen atoms in total. The lowest BCUT2D eigenvalue weighted by atomic mass is 9.91.